The summed E-state index contributed by atoms with van der Waals surface area (Å²) in [5.41, 5.74) is 5.17. The molecule has 60 valence electrons. The topological polar surface area (TPSA) is 61.9 Å². The van der Waals surface area contributed by atoms with Crippen LogP contribution in [0.1, 0.15) is 25.7 Å². The molecule has 0 spiro atoms. The largest absolute Gasteiger partial charge is 0.388 e. The maximum absolute atomic E-state index is 6.94. The second-order valence-electron chi connectivity index (χ2n) is 2.44. The van der Waals surface area contributed by atoms with Crippen molar-refractivity contribution >= 4 is 5.84 Å². The third-order valence-electron chi connectivity index (χ3n) is 1.37. The number of unbranched alkanes of at least 4 members (excludes halogenated alkanes) is 2. The minimum Gasteiger partial charge on any atom is -0.388 e. The van der Waals surface area contributed by atoms with Crippen LogP contribution < -0.4 is 11.1 Å². The van der Waals surface area contributed by atoms with Gasteiger partial charge in [0.25, 0.3) is 0 Å². The van der Waals surface area contributed by atoms with Crippen LogP contribution in [0.2, 0.25) is 0 Å². The molecule has 0 amide bonds. The Bertz CT molecular complexity index is 90.9. The molecule has 0 saturated carbocycles. The van der Waals surface area contributed by atoms with Crippen molar-refractivity contribution in [1.82, 2.24) is 5.32 Å². The molecule has 0 unspecified atom stereocenters. The molecule has 0 bridgehead atoms. The van der Waals surface area contributed by atoms with Gasteiger partial charge in [0.1, 0.15) is 0 Å². The highest BCUT2D eigenvalue weighted by molar-refractivity contribution is 5.76. The minimum atomic E-state index is 0.310. The molecule has 3 nitrogen and oxygen atoms in total. The predicted molar refractivity (Wildman–Crippen MR) is 44.3 cm³/mol. The molecule has 0 rings (SSSR count). The SMILES string of the molecule is CNCCCCCC(=N)N. The van der Waals surface area contributed by atoms with Gasteiger partial charge < -0.3 is 11.1 Å². The van der Waals surface area contributed by atoms with Crippen molar-refractivity contribution in [3.8, 4) is 0 Å². The maximum Gasteiger partial charge on any atom is 0.0905 e. The molecule has 0 heterocycles. The van der Waals surface area contributed by atoms with Gasteiger partial charge in [0.15, 0.2) is 0 Å². The summed E-state index contributed by atoms with van der Waals surface area (Å²) in [5, 5.41) is 10.0. The number of rotatable bonds is 6. The zero-order chi connectivity index (χ0) is 7.82. The molecule has 0 aliphatic heterocycles. The Balaban J connectivity index is 2.84. The third-order valence-corrected chi connectivity index (χ3v) is 1.37. The van der Waals surface area contributed by atoms with Gasteiger partial charge in [0.05, 0.1) is 5.84 Å². The highest BCUT2D eigenvalue weighted by Crippen LogP contribution is 1.97. The van der Waals surface area contributed by atoms with Gasteiger partial charge in [-0.15, -0.1) is 0 Å². The lowest BCUT2D eigenvalue weighted by Crippen LogP contribution is -2.10. The molecular formula is C7H17N3. The van der Waals surface area contributed by atoms with Crippen molar-refractivity contribution in [3.63, 3.8) is 0 Å². The first-order chi connectivity index (χ1) is 4.77. The normalized spacial score (nSPS) is 9.70. The lowest BCUT2D eigenvalue weighted by atomic mass is 10.2. The maximum atomic E-state index is 6.94. The number of nitrogens with one attached hydrogen (secondary N) is 2. The first-order valence-electron chi connectivity index (χ1n) is 3.75. The number of hydrogen-bond acceptors (Lipinski definition) is 2. The second kappa shape index (κ2) is 6.55. The van der Waals surface area contributed by atoms with Crippen molar-refractivity contribution in [3.05, 3.63) is 0 Å². The van der Waals surface area contributed by atoms with Crippen LogP contribution in [0.5, 0.6) is 0 Å². The third kappa shape index (κ3) is 7.43. The summed E-state index contributed by atoms with van der Waals surface area (Å²) < 4.78 is 0. The molecule has 0 aliphatic rings. The van der Waals surface area contributed by atoms with Crippen LogP contribution in [0.4, 0.5) is 0 Å². The van der Waals surface area contributed by atoms with Gasteiger partial charge >= 0.3 is 0 Å². The van der Waals surface area contributed by atoms with E-state index < -0.39 is 0 Å². The zero-order valence-corrected chi connectivity index (χ0v) is 6.61. The second-order valence-corrected chi connectivity index (χ2v) is 2.44. The van der Waals surface area contributed by atoms with E-state index in [0.717, 1.165) is 19.4 Å². The van der Waals surface area contributed by atoms with Gasteiger partial charge in [-0.25, -0.2) is 0 Å². The molecule has 3 heteroatoms. The molecule has 0 aromatic rings. The quantitative estimate of drug-likeness (QED) is 0.291. The number of nitrogens with two attached hydrogens (primary N) is 1. The van der Waals surface area contributed by atoms with Gasteiger partial charge in [0, 0.05) is 6.42 Å². The highest BCUT2D eigenvalue weighted by atomic mass is 14.8. The van der Waals surface area contributed by atoms with E-state index >= 15 is 0 Å². The molecule has 0 saturated heterocycles. The zero-order valence-electron chi connectivity index (χ0n) is 6.61. The molecule has 10 heavy (non-hydrogen) atoms. The Morgan fingerprint density at radius 2 is 2.10 bits per heavy atom. The lowest BCUT2D eigenvalue weighted by Gasteiger charge is -1.98. The van der Waals surface area contributed by atoms with E-state index in [-0.39, 0.29) is 0 Å². The smallest absolute Gasteiger partial charge is 0.0905 e. The molecule has 4 N–H and O–H groups in total. The number of amidine groups is 1. The summed E-state index contributed by atoms with van der Waals surface area (Å²) in [6.45, 7) is 1.07. The van der Waals surface area contributed by atoms with Crippen LogP contribution in [0.3, 0.4) is 0 Å². The summed E-state index contributed by atoms with van der Waals surface area (Å²) in [7, 11) is 1.95. The Hall–Kier alpha value is -0.570. The van der Waals surface area contributed by atoms with Crippen LogP contribution in [0, 0.1) is 5.41 Å². The van der Waals surface area contributed by atoms with Gasteiger partial charge in [-0.05, 0) is 26.4 Å². The van der Waals surface area contributed by atoms with Crippen LogP contribution in [0.25, 0.3) is 0 Å². The fourth-order valence-corrected chi connectivity index (χ4v) is 0.794. The average Bonchev–Trinajstić information content (AvgIpc) is 1.87. The lowest BCUT2D eigenvalue weighted by molar-refractivity contribution is 0.652. The summed E-state index contributed by atoms with van der Waals surface area (Å²) in [6.07, 6.45) is 4.16. The fraction of sp³-hybridized carbons (Fsp3) is 0.857. The van der Waals surface area contributed by atoms with E-state index in [1.807, 2.05) is 7.05 Å². The molecular weight excluding hydrogens is 126 g/mol. The Labute approximate surface area is 62.5 Å². The van der Waals surface area contributed by atoms with E-state index in [1.165, 1.54) is 12.8 Å². The van der Waals surface area contributed by atoms with E-state index in [4.69, 9.17) is 11.1 Å². The van der Waals surface area contributed by atoms with Crippen LogP contribution in [0.15, 0.2) is 0 Å². The average molecular weight is 143 g/mol. The molecule has 0 fully saturated rings. The van der Waals surface area contributed by atoms with E-state index in [0.29, 0.717) is 5.84 Å². The minimum absolute atomic E-state index is 0.310. The first-order valence-corrected chi connectivity index (χ1v) is 3.75. The van der Waals surface area contributed by atoms with Gasteiger partial charge in [0.2, 0.25) is 0 Å². The monoisotopic (exact) mass is 143 g/mol. The van der Waals surface area contributed by atoms with Crippen molar-refractivity contribution in [2.24, 2.45) is 5.73 Å². The van der Waals surface area contributed by atoms with Crippen molar-refractivity contribution < 1.29 is 0 Å². The van der Waals surface area contributed by atoms with Gasteiger partial charge in [-0.1, -0.05) is 6.42 Å². The molecule has 0 aromatic carbocycles. The highest BCUT2D eigenvalue weighted by Gasteiger charge is 1.89. The summed E-state index contributed by atoms with van der Waals surface area (Å²) in [4.78, 5) is 0. The Morgan fingerprint density at radius 3 is 2.60 bits per heavy atom. The Morgan fingerprint density at radius 1 is 1.40 bits per heavy atom. The van der Waals surface area contributed by atoms with Crippen LogP contribution in [-0.2, 0) is 0 Å². The summed E-state index contributed by atoms with van der Waals surface area (Å²) >= 11 is 0. The summed E-state index contributed by atoms with van der Waals surface area (Å²) in [6, 6.07) is 0. The van der Waals surface area contributed by atoms with Crippen LogP contribution >= 0.6 is 0 Å². The predicted octanol–water partition coefficient (Wildman–Crippen LogP) is 0.702. The number of hydrogen-bond donors (Lipinski definition) is 3. The van der Waals surface area contributed by atoms with E-state index in [1.54, 1.807) is 0 Å². The molecule has 0 aliphatic carbocycles. The van der Waals surface area contributed by atoms with E-state index in [9.17, 15) is 0 Å². The molecule has 0 aromatic heterocycles. The Kier molecular flexibility index (Phi) is 6.18. The molecule has 0 radical (unpaired) electrons. The van der Waals surface area contributed by atoms with Crippen LogP contribution in [-0.4, -0.2) is 19.4 Å². The van der Waals surface area contributed by atoms with Gasteiger partial charge in [-0.2, -0.15) is 0 Å². The van der Waals surface area contributed by atoms with E-state index in [2.05, 4.69) is 5.32 Å². The summed E-state index contributed by atoms with van der Waals surface area (Å²) in [5.74, 6) is 0.310. The van der Waals surface area contributed by atoms with Crippen molar-refractivity contribution in [1.29, 1.82) is 5.41 Å². The van der Waals surface area contributed by atoms with Crippen molar-refractivity contribution in [2.45, 2.75) is 25.7 Å². The standard InChI is InChI=1S/C7H17N3/c1-10-6-4-2-3-5-7(8)9/h10H,2-6H2,1H3,(H3,8,9). The fourth-order valence-electron chi connectivity index (χ4n) is 0.794. The first kappa shape index (κ1) is 9.43. The molecule has 0 atom stereocenters. The van der Waals surface area contributed by atoms with Gasteiger partial charge in [-0.3, -0.25) is 5.41 Å². The van der Waals surface area contributed by atoms with Crippen molar-refractivity contribution in [2.75, 3.05) is 13.6 Å².